The van der Waals surface area contributed by atoms with Gasteiger partial charge in [0.25, 0.3) is 0 Å². The number of fused-ring (bicyclic) bond motifs is 3. The second-order valence-corrected chi connectivity index (χ2v) is 8.40. The van der Waals surface area contributed by atoms with E-state index in [9.17, 15) is 0 Å². The van der Waals surface area contributed by atoms with E-state index < -0.39 is 0 Å². The van der Waals surface area contributed by atoms with Crippen LogP contribution < -0.4 is 9.47 Å². The minimum atomic E-state index is 0.733. The number of hydrogen-bond acceptors (Lipinski definition) is 4. The van der Waals surface area contributed by atoms with E-state index in [0.29, 0.717) is 0 Å². The van der Waals surface area contributed by atoms with Crippen LogP contribution in [0, 0.1) is 0 Å². The normalized spacial score (nSPS) is 11.1. The summed E-state index contributed by atoms with van der Waals surface area (Å²) in [5.41, 5.74) is 6.23. The number of nitrogens with zero attached hydrogens (tertiary/aromatic N) is 2. The predicted molar refractivity (Wildman–Crippen MR) is 139 cm³/mol. The van der Waals surface area contributed by atoms with Gasteiger partial charge in [0.2, 0.25) is 0 Å². The van der Waals surface area contributed by atoms with Crippen LogP contribution in [-0.4, -0.2) is 23.2 Å². The lowest BCUT2D eigenvalue weighted by molar-refractivity contribution is 0.317. The van der Waals surface area contributed by atoms with Crippen LogP contribution in [0.4, 0.5) is 0 Å². The van der Waals surface area contributed by atoms with Crippen LogP contribution >= 0.6 is 0 Å². The van der Waals surface area contributed by atoms with Gasteiger partial charge in [-0.25, -0.2) is 0 Å². The summed E-state index contributed by atoms with van der Waals surface area (Å²) in [5.74, 6) is 1.79. The lowest BCUT2D eigenvalue weighted by Crippen LogP contribution is -1.94. The van der Waals surface area contributed by atoms with Gasteiger partial charge in [0.05, 0.1) is 24.2 Å². The second-order valence-electron chi connectivity index (χ2n) is 8.40. The Bertz CT molecular complexity index is 1300. The van der Waals surface area contributed by atoms with Gasteiger partial charge in [0, 0.05) is 34.3 Å². The average Bonchev–Trinajstić information content (AvgIpc) is 2.90. The molecule has 34 heavy (non-hydrogen) atoms. The molecule has 5 aromatic rings. The summed E-state index contributed by atoms with van der Waals surface area (Å²) >= 11 is 0. The van der Waals surface area contributed by atoms with Gasteiger partial charge in [-0.05, 0) is 60.4 Å². The maximum Gasteiger partial charge on any atom is 0.119 e. The topological polar surface area (TPSA) is 44.2 Å². The third-order valence-electron chi connectivity index (χ3n) is 5.82. The molecule has 3 aromatic carbocycles. The third-order valence-corrected chi connectivity index (χ3v) is 5.82. The zero-order valence-electron chi connectivity index (χ0n) is 19.6. The number of benzene rings is 3. The molecular formula is C30H28N2O2. The van der Waals surface area contributed by atoms with Crippen LogP contribution in [0.5, 0.6) is 11.5 Å². The van der Waals surface area contributed by atoms with Crippen LogP contribution in [0.1, 0.15) is 26.7 Å². The smallest absolute Gasteiger partial charge is 0.119 e. The lowest BCUT2D eigenvalue weighted by Gasteiger charge is -2.09. The molecule has 0 aliphatic heterocycles. The molecule has 0 aliphatic rings. The predicted octanol–water partition coefficient (Wildman–Crippen LogP) is 7.69. The largest absolute Gasteiger partial charge is 0.494 e. The Morgan fingerprint density at radius 3 is 1.32 bits per heavy atom. The van der Waals surface area contributed by atoms with Gasteiger partial charge in [-0.2, -0.15) is 0 Å². The first kappa shape index (κ1) is 21.9. The minimum absolute atomic E-state index is 0.733. The van der Waals surface area contributed by atoms with Crippen molar-refractivity contribution in [2.75, 3.05) is 13.2 Å². The molecule has 4 heteroatoms. The molecule has 5 rings (SSSR count). The summed E-state index contributed by atoms with van der Waals surface area (Å²) in [6, 6.07) is 25.0. The highest BCUT2D eigenvalue weighted by Gasteiger charge is 2.08. The molecule has 0 bridgehead atoms. The standard InChI is InChI=1S/C30H28N2O2/c1-3-15-33-27-11-7-21(8-12-27)25-17-23-5-6-24-18-26(20-32-30(24)29(23)31-19-25)22-9-13-28(14-10-22)34-16-4-2/h5-14,17-20H,3-4,15-16H2,1-2H3. The van der Waals surface area contributed by atoms with E-state index in [1.54, 1.807) is 0 Å². The Morgan fingerprint density at radius 1 is 0.529 bits per heavy atom. The van der Waals surface area contributed by atoms with Gasteiger partial charge in [-0.15, -0.1) is 0 Å². The molecule has 0 atom stereocenters. The zero-order chi connectivity index (χ0) is 23.3. The van der Waals surface area contributed by atoms with E-state index in [1.165, 1.54) is 0 Å². The van der Waals surface area contributed by atoms with Crippen molar-refractivity contribution in [3.05, 3.63) is 85.2 Å². The van der Waals surface area contributed by atoms with Crippen molar-refractivity contribution in [2.24, 2.45) is 0 Å². The monoisotopic (exact) mass is 448 g/mol. The van der Waals surface area contributed by atoms with E-state index in [4.69, 9.17) is 19.4 Å². The SMILES string of the molecule is CCCOc1ccc(-c2cnc3c(ccc4cc(-c5ccc(OCCC)cc5)cnc43)c2)cc1. The maximum absolute atomic E-state index is 5.70. The van der Waals surface area contributed by atoms with Gasteiger partial charge in [-0.3, -0.25) is 9.97 Å². The van der Waals surface area contributed by atoms with Gasteiger partial charge < -0.3 is 9.47 Å². The molecule has 2 aromatic heterocycles. The van der Waals surface area contributed by atoms with Crippen molar-refractivity contribution in [3.8, 4) is 33.8 Å². The van der Waals surface area contributed by atoms with E-state index in [-0.39, 0.29) is 0 Å². The van der Waals surface area contributed by atoms with Crippen LogP contribution in [0.25, 0.3) is 44.1 Å². The number of ether oxygens (including phenoxy) is 2. The molecule has 0 N–H and O–H groups in total. The molecular weight excluding hydrogens is 420 g/mol. The van der Waals surface area contributed by atoms with Gasteiger partial charge in [-0.1, -0.05) is 50.2 Å². The van der Waals surface area contributed by atoms with Crippen LogP contribution in [0.15, 0.2) is 85.2 Å². The summed E-state index contributed by atoms with van der Waals surface area (Å²) in [4.78, 5) is 9.58. The van der Waals surface area contributed by atoms with Crippen molar-refractivity contribution < 1.29 is 9.47 Å². The lowest BCUT2D eigenvalue weighted by atomic mass is 10.0. The quantitative estimate of drug-likeness (QED) is 0.228. The Balaban J connectivity index is 1.43. The van der Waals surface area contributed by atoms with Crippen molar-refractivity contribution >= 4 is 21.8 Å². The first-order valence-electron chi connectivity index (χ1n) is 11.9. The number of hydrogen-bond donors (Lipinski definition) is 0. The molecule has 0 amide bonds. The van der Waals surface area contributed by atoms with Gasteiger partial charge in [0.1, 0.15) is 11.5 Å². The summed E-state index contributed by atoms with van der Waals surface area (Å²) in [7, 11) is 0. The van der Waals surface area contributed by atoms with Crippen molar-refractivity contribution in [2.45, 2.75) is 26.7 Å². The third kappa shape index (κ3) is 4.58. The summed E-state index contributed by atoms with van der Waals surface area (Å²) < 4.78 is 11.4. The Labute approximate surface area is 200 Å². The molecule has 4 nitrogen and oxygen atoms in total. The molecule has 0 unspecified atom stereocenters. The van der Waals surface area contributed by atoms with E-state index in [0.717, 1.165) is 81.6 Å². The molecule has 0 fully saturated rings. The highest BCUT2D eigenvalue weighted by atomic mass is 16.5. The van der Waals surface area contributed by atoms with Crippen molar-refractivity contribution in [1.82, 2.24) is 9.97 Å². The van der Waals surface area contributed by atoms with E-state index >= 15 is 0 Å². The van der Waals surface area contributed by atoms with Gasteiger partial charge in [0.15, 0.2) is 0 Å². The molecule has 0 radical (unpaired) electrons. The number of pyridine rings is 2. The highest BCUT2D eigenvalue weighted by Crippen LogP contribution is 2.30. The zero-order valence-corrected chi connectivity index (χ0v) is 19.6. The first-order valence-corrected chi connectivity index (χ1v) is 11.9. The van der Waals surface area contributed by atoms with Crippen LogP contribution in [-0.2, 0) is 0 Å². The molecule has 0 saturated heterocycles. The van der Waals surface area contributed by atoms with Crippen molar-refractivity contribution in [3.63, 3.8) is 0 Å². The Kier molecular flexibility index (Phi) is 6.39. The molecule has 2 heterocycles. The Hall–Kier alpha value is -3.92. The first-order chi connectivity index (χ1) is 16.7. The fraction of sp³-hybridized carbons (Fsp3) is 0.200. The molecule has 0 saturated carbocycles. The summed E-state index contributed by atoms with van der Waals surface area (Å²) in [5, 5.41) is 2.16. The Morgan fingerprint density at radius 2 is 0.941 bits per heavy atom. The average molecular weight is 449 g/mol. The summed E-state index contributed by atoms with van der Waals surface area (Å²) in [6.07, 6.45) is 5.85. The number of rotatable bonds is 8. The maximum atomic E-state index is 5.70. The summed E-state index contributed by atoms with van der Waals surface area (Å²) in [6.45, 7) is 5.68. The number of aromatic nitrogens is 2. The molecule has 0 aliphatic carbocycles. The second kappa shape index (κ2) is 9.92. The van der Waals surface area contributed by atoms with Gasteiger partial charge >= 0.3 is 0 Å². The fourth-order valence-corrected chi connectivity index (χ4v) is 4.04. The van der Waals surface area contributed by atoms with E-state index in [1.807, 2.05) is 36.7 Å². The minimum Gasteiger partial charge on any atom is -0.494 e. The van der Waals surface area contributed by atoms with Crippen LogP contribution in [0.2, 0.25) is 0 Å². The van der Waals surface area contributed by atoms with Crippen LogP contribution in [0.3, 0.4) is 0 Å². The molecule has 170 valence electrons. The van der Waals surface area contributed by atoms with Crippen molar-refractivity contribution in [1.29, 1.82) is 0 Å². The van der Waals surface area contributed by atoms with E-state index in [2.05, 4.69) is 62.4 Å². The molecule has 0 spiro atoms. The highest BCUT2D eigenvalue weighted by molar-refractivity contribution is 6.04. The fourth-order valence-electron chi connectivity index (χ4n) is 4.04.